The minimum atomic E-state index is -0.414. The Balaban J connectivity index is 1.41. The number of carbonyl (C=O) groups excluding carboxylic acids is 3. The van der Waals surface area contributed by atoms with E-state index in [1.165, 1.54) is 11.0 Å². The highest BCUT2D eigenvalue weighted by Gasteiger charge is 2.37. The summed E-state index contributed by atoms with van der Waals surface area (Å²) in [5.74, 6) is -0.258. The predicted molar refractivity (Wildman–Crippen MR) is 127 cm³/mol. The molecule has 1 N–H and O–H groups in total. The molecule has 0 aliphatic carbocycles. The van der Waals surface area contributed by atoms with Crippen LogP contribution in [0.5, 0.6) is 5.75 Å². The Morgan fingerprint density at radius 1 is 0.939 bits per heavy atom. The van der Waals surface area contributed by atoms with E-state index in [0.29, 0.717) is 29.8 Å². The van der Waals surface area contributed by atoms with Crippen molar-refractivity contribution in [1.29, 1.82) is 0 Å². The lowest BCUT2D eigenvalue weighted by atomic mass is 10.1. The van der Waals surface area contributed by atoms with E-state index in [4.69, 9.17) is 4.74 Å². The second kappa shape index (κ2) is 9.28. The summed E-state index contributed by atoms with van der Waals surface area (Å²) < 4.78 is 5.64. The van der Waals surface area contributed by atoms with Crippen molar-refractivity contribution in [1.82, 2.24) is 5.32 Å². The zero-order chi connectivity index (χ0) is 23.5. The molecule has 33 heavy (non-hydrogen) atoms. The lowest BCUT2D eigenvalue weighted by molar-refractivity contribution is 0.0923. The predicted octanol–water partition coefficient (Wildman–Crippen LogP) is 4.56. The Kier molecular flexibility index (Phi) is 6.27. The fraction of sp³-hybridized carbons (Fsp3) is 0.222. The second-order valence-electron chi connectivity index (χ2n) is 8.31. The van der Waals surface area contributed by atoms with Gasteiger partial charge in [0.25, 0.3) is 17.7 Å². The molecule has 0 aromatic heterocycles. The van der Waals surface area contributed by atoms with Gasteiger partial charge >= 0.3 is 0 Å². The first-order chi connectivity index (χ1) is 15.8. The van der Waals surface area contributed by atoms with E-state index in [1.54, 1.807) is 24.3 Å². The fourth-order valence-corrected chi connectivity index (χ4v) is 3.84. The molecule has 6 heteroatoms. The van der Waals surface area contributed by atoms with E-state index in [-0.39, 0.29) is 23.5 Å². The summed E-state index contributed by atoms with van der Waals surface area (Å²) >= 11 is 0. The molecule has 3 aromatic rings. The normalized spacial score (nSPS) is 12.8. The van der Waals surface area contributed by atoms with Crippen LogP contribution in [0.1, 0.15) is 56.0 Å². The van der Waals surface area contributed by atoms with Crippen LogP contribution >= 0.6 is 0 Å². The highest BCUT2D eigenvalue weighted by Crippen LogP contribution is 2.31. The molecule has 3 amide bonds. The number of aryl methyl sites for hydroxylation is 1. The number of fused-ring (bicyclic) bond motifs is 1. The van der Waals surface area contributed by atoms with Crippen molar-refractivity contribution < 1.29 is 19.1 Å². The summed E-state index contributed by atoms with van der Waals surface area (Å²) in [6.07, 6.45) is 0.783. The van der Waals surface area contributed by atoms with Gasteiger partial charge in [0.2, 0.25) is 0 Å². The summed E-state index contributed by atoms with van der Waals surface area (Å²) in [5.41, 5.74) is 3.37. The molecule has 0 radical (unpaired) electrons. The average Bonchev–Trinajstić information content (AvgIpc) is 3.04. The zero-order valence-corrected chi connectivity index (χ0v) is 18.9. The number of imide groups is 1. The van der Waals surface area contributed by atoms with Gasteiger partial charge in [-0.2, -0.15) is 0 Å². The maximum Gasteiger partial charge on any atom is 0.266 e. The number of rotatable bonds is 7. The molecule has 1 heterocycles. The standard InChI is InChI=1S/C27H26N2O4/c1-17(2)33-21-11-8-19(9-12-21)14-15-28-25(30)20-10-13-22-23(16-20)27(32)29(26(22)31)24-7-5-4-6-18(24)3/h4-13,16-17H,14-15H2,1-3H3,(H,28,30). The SMILES string of the molecule is Cc1ccccc1N1C(=O)c2ccc(C(=O)NCCc3ccc(OC(C)C)cc3)cc2C1=O. The molecule has 0 unspecified atom stereocenters. The summed E-state index contributed by atoms with van der Waals surface area (Å²) in [5, 5.41) is 2.88. The van der Waals surface area contributed by atoms with Crippen LogP contribution in [0.3, 0.4) is 0 Å². The number of nitrogens with zero attached hydrogens (tertiary/aromatic N) is 1. The zero-order valence-electron chi connectivity index (χ0n) is 18.9. The van der Waals surface area contributed by atoms with Crippen molar-refractivity contribution in [2.24, 2.45) is 0 Å². The van der Waals surface area contributed by atoms with Gasteiger partial charge < -0.3 is 10.1 Å². The lowest BCUT2D eigenvalue weighted by Gasteiger charge is -2.16. The van der Waals surface area contributed by atoms with Gasteiger partial charge in [-0.15, -0.1) is 0 Å². The van der Waals surface area contributed by atoms with Crippen LogP contribution in [-0.2, 0) is 6.42 Å². The molecular formula is C27H26N2O4. The average molecular weight is 443 g/mol. The highest BCUT2D eigenvalue weighted by molar-refractivity contribution is 6.35. The van der Waals surface area contributed by atoms with Crippen LogP contribution in [0.15, 0.2) is 66.7 Å². The molecule has 0 fully saturated rings. The van der Waals surface area contributed by atoms with E-state index >= 15 is 0 Å². The number of benzene rings is 3. The molecule has 0 saturated heterocycles. The third-order valence-corrected chi connectivity index (χ3v) is 5.50. The first kappa shape index (κ1) is 22.3. The molecular weight excluding hydrogens is 416 g/mol. The maximum absolute atomic E-state index is 13.0. The first-order valence-electron chi connectivity index (χ1n) is 11.0. The van der Waals surface area contributed by atoms with Crippen LogP contribution in [0, 0.1) is 6.92 Å². The van der Waals surface area contributed by atoms with E-state index in [9.17, 15) is 14.4 Å². The van der Waals surface area contributed by atoms with E-state index in [0.717, 1.165) is 16.9 Å². The number of anilines is 1. The van der Waals surface area contributed by atoms with Crippen LogP contribution in [0.2, 0.25) is 0 Å². The van der Waals surface area contributed by atoms with Gasteiger partial charge in [-0.1, -0.05) is 30.3 Å². The number of para-hydroxylation sites is 1. The topological polar surface area (TPSA) is 75.7 Å². The molecule has 0 atom stereocenters. The Morgan fingerprint density at radius 3 is 2.33 bits per heavy atom. The summed E-state index contributed by atoms with van der Waals surface area (Å²) in [6, 6.07) is 19.7. The Bertz CT molecular complexity index is 1220. The minimum Gasteiger partial charge on any atom is -0.491 e. The molecule has 3 aromatic carbocycles. The second-order valence-corrected chi connectivity index (χ2v) is 8.31. The van der Waals surface area contributed by atoms with Crippen molar-refractivity contribution in [3.8, 4) is 5.75 Å². The van der Waals surface area contributed by atoms with Gasteiger partial charge in [-0.05, 0) is 74.7 Å². The van der Waals surface area contributed by atoms with Gasteiger partial charge in [-0.25, -0.2) is 4.90 Å². The quantitative estimate of drug-likeness (QED) is 0.545. The van der Waals surface area contributed by atoms with Crippen molar-refractivity contribution in [3.63, 3.8) is 0 Å². The summed E-state index contributed by atoms with van der Waals surface area (Å²) in [7, 11) is 0. The van der Waals surface area contributed by atoms with Crippen LogP contribution in [0.4, 0.5) is 5.69 Å². The van der Waals surface area contributed by atoms with Gasteiger partial charge in [0.05, 0.1) is 22.9 Å². The number of hydrogen-bond acceptors (Lipinski definition) is 4. The highest BCUT2D eigenvalue weighted by atomic mass is 16.5. The van der Waals surface area contributed by atoms with Crippen LogP contribution in [0.25, 0.3) is 0 Å². The molecule has 0 spiro atoms. The lowest BCUT2D eigenvalue weighted by Crippen LogP contribution is -2.30. The summed E-state index contributed by atoms with van der Waals surface area (Å²) in [4.78, 5) is 39.7. The van der Waals surface area contributed by atoms with Crippen LogP contribution in [-0.4, -0.2) is 30.4 Å². The van der Waals surface area contributed by atoms with E-state index < -0.39 is 5.91 Å². The molecule has 1 aliphatic rings. The minimum absolute atomic E-state index is 0.119. The third-order valence-electron chi connectivity index (χ3n) is 5.50. The van der Waals surface area contributed by atoms with Gasteiger partial charge in [0.15, 0.2) is 0 Å². The van der Waals surface area contributed by atoms with E-state index in [1.807, 2.05) is 57.2 Å². The molecule has 6 nitrogen and oxygen atoms in total. The summed E-state index contributed by atoms with van der Waals surface area (Å²) in [6.45, 7) is 6.25. The number of nitrogens with one attached hydrogen (secondary N) is 1. The Morgan fingerprint density at radius 2 is 1.64 bits per heavy atom. The van der Waals surface area contributed by atoms with Crippen molar-refractivity contribution in [2.75, 3.05) is 11.4 Å². The molecule has 0 bridgehead atoms. The maximum atomic E-state index is 13.0. The molecule has 0 saturated carbocycles. The Labute approximate surface area is 193 Å². The number of carbonyl (C=O) groups is 3. The monoisotopic (exact) mass is 442 g/mol. The smallest absolute Gasteiger partial charge is 0.266 e. The largest absolute Gasteiger partial charge is 0.491 e. The molecule has 168 valence electrons. The van der Waals surface area contributed by atoms with E-state index in [2.05, 4.69) is 5.32 Å². The van der Waals surface area contributed by atoms with Crippen LogP contribution < -0.4 is 15.0 Å². The van der Waals surface area contributed by atoms with Crippen molar-refractivity contribution in [3.05, 3.63) is 94.5 Å². The molecule has 4 rings (SSSR count). The first-order valence-corrected chi connectivity index (χ1v) is 11.0. The van der Waals surface area contributed by atoms with Gasteiger partial charge in [-0.3, -0.25) is 14.4 Å². The Hall–Kier alpha value is -3.93. The number of hydrogen-bond donors (Lipinski definition) is 1. The fourth-order valence-electron chi connectivity index (χ4n) is 3.84. The number of ether oxygens (including phenoxy) is 1. The molecule has 1 aliphatic heterocycles. The number of amides is 3. The van der Waals surface area contributed by atoms with Crippen molar-refractivity contribution in [2.45, 2.75) is 33.3 Å². The van der Waals surface area contributed by atoms with Crippen molar-refractivity contribution >= 4 is 23.4 Å². The van der Waals surface area contributed by atoms with Gasteiger partial charge in [0.1, 0.15) is 5.75 Å². The third kappa shape index (κ3) is 4.65. The van der Waals surface area contributed by atoms with Gasteiger partial charge in [0, 0.05) is 12.1 Å².